The first-order valence-electron chi connectivity index (χ1n) is 9.23. The number of nitrogens with zero attached hydrogens (tertiary/aromatic N) is 3. The molecule has 0 bridgehead atoms. The highest BCUT2D eigenvalue weighted by atomic mass is 32.2. The Morgan fingerprint density at radius 2 is 2.04 bits per heavy atom. The minimum atomic E-state index is 0.418. The second-order valence-electron chi connectivity index (χ2n) is 7.06. The third-order valence-corrected chi connectivity index (χ3v) is 5.95. The normalized spacial score (nSPS) is 19.0. The molecule has 2 aromatic rings. The SMILES string of the molecule is COc1cc(CN2CCN(SC)C(c3ccccc3C(C)C)C2)ccn1. The molecule has 0 radical (unpaired) electrons. The van der Waals surface area contributed by atoms with Crippen LogP contribution >= 0.6 is 11.9 Å². The van der Waals surface area contributed by atoms with Gasteiger partial charge in [0.25, 0.3) is 0 Å². The Labute approximate surface area is 161 Å². The molecule has 140 valence electrons. The zero-order chi connectivity index (χ0) is 18.5. The van der Waals surface area contributed by atoms with Gasteiger partial charge in [0, 0.05) is 38.4 Å². The predicted molar refractivity (Wildman–Crippen MR) is 110 cm³/mol. The fraction of sp³-hybridized carbons (Fsp3) is 0.476. The van der Waals surface area contributed by atoms with Crippen LogP contribution in [0.15, 0.2) is 42.6 Å². The molecule has 0 saturated carbocycles. The van der Waals surface area contributed by atoms with Gasteiger partial charge in [-0.15, -0.1) is 0 Å². The molecule has 26 heavy (non-hydrogen) atoms. The fourth-order valence-corrected chi connectivity index (χ4v) is 4.40. The van der Waals surface area contributed by atoms with Gasteiger partial charge in [-0.25, -0.2) is 9.29 Å². The quantitative estimate of drug-likeness (QED) is 0.704. The van der Waals surface area contributed by atoms with E-state index in [0.717, 1.165) is 26.2 Å². The van der Waals surface area contributed by atoms with Gasteiger partial charge in [0.1, 0.15) is 0 Å². The number of hydrogen-bond donors (Lipinski definition) is 0. The number of pyridine rings is 1. The molecule has 1 aliphatic rings. The largest absolute Gasteiger partial charge is 0.481 e. The molecule has 4 nitrogen and oxygen atoms in total. The first kappa shape index (κ1) is 19.2. The molecule has 0 amide bonds. The van der Waals surface area contributed by atoms with Crippen molar-refractivity contribution in [3.8, 4) is 5.88 Å². The lowest BCUT2D eigenvalue weighted by molar-refractivity contribution is 0.137. The third kappa shape index (κ3) is 4.40. The summed E-state index contributed by atoms with van der Waals surface area (Å²) in [4.78, 5) is 6.76. The highest BCUT2D eigenvalue weighted by Gasteiger charge is 2.29. The summed E-state index contributed by atoms with van der Waals surface area (Å²) in [6.45, 7) is 8.68. The fourth-order valence-electron chi connectivity index (χ4n) is 3.70. The molecule has 1 aromatic carbocycles. The van der Waals surface area contributed by atoms with Gasteiger partial charge in [-0.3, -0.25) is 4.90 Å². The summed E-state index contributed by atoms with van der Waals surface area (Å²) in [6.07, 6.45) is 4.02. The third-order valence-electron chi connectivity index (χ3n) is 5.04. The topological polar surface area (TPSA) is 28.6 Å². The summed E-state index contributed by atoms with van der Waals surface area (Å²) >= 11 is 1.86. The van der Waals surface area contributed by atoms with Crippen molar-refractivity contribution in [2.45, 2.75) is 32.4 Å². The highest BCUT2D eigenvalue weighted by molar-refractivity contribution is 7.96. The van der Waals surface area contributed by atoms with E-state index in [-0.39, 0.29) is 0 Å². The first-order valence-corrected chi connectivity index (χ1v) is 10.4. The molecule has 1 unspecified atom stereocenters. The van der Waals surface area contributed by atoms with E-state index >= 15 is 0 Å². The minimum absolute atomic E-state index is 0.418. The monoisotopic (exact) mass is 371 g/mol. The van der Waals surface area contributed by atoms with Crippen LogP contribution in [0.4, 0.5) is 0 Å². The molecular weight excluding hydrogens is 342 g/mol. The summed E-state index contributed by atoms with van der Waals surface area (Å²) < 4.78 is 7.80. The highest BCUT2D eigenvalue weighted by Crippen LogP contribution is 2.34. The molecule has 0 N–H and O–H groups in total. The van der Waals surface area contributed by atoms with Crippen LogP contribution in [0.2, 0.25) is 0 Å². The van der Waals surface area contributed by atoms with E-state index < -0.39 is 0 Å². The molecule has 5 heteroatoms. The van der Waals surface area contributed by atoms with Crippen molar-refractivity contribution in [1.82, 2.24) is 14.2 Å². The maximum Gasteiger partial charge on any atom is 0.213 e. The second-order valence-corrected chi connectivity index (χ2v) is 7.90. The number of aromatic nitrogens is 1. The molecule has 0 aliphatic carbocycles. The molecule has 2 heterocycles. The van der Waals surface area contributed by atoms with Crippen LogP contribution in [0.1, 0.15) is 42.5 Å². The van der Waals surface area contributed by atoms with Gasteiger partial charge in [0.15, 0.2) is 0 Å². The Morgan fingerprint density at radius 1 is 1.23 bits per heavy atom. The van der Waals surface area contributed by atoms with Crippen molar-refractivity contribution < 1.29 is 4.74 Å². The zero-order valence-electron chi connectivity index (χ0n) is 16.2. The van der Waals surface area contributed by atoms with E-state index in [1.54, 1.807) is 7.11 Å². The minimum Gasteiger partial charge on any atom is -0.481 e. The van der Waals surface area contributed by atoms with Crippen molar-refractivity contribution in [3.05, 3.63) is 59.3 Å². The molecule has 1 aromatic heterocycles. The number of piperazine rings is 1. The van der Waals surface area contributed by atoms with Gasteiger partial charge in [-0.05, 0) is 34.9 Å². The lowest BCUT2D eigenvalue weighted by atomic mass is 9.91. The van der Waals surface area contributed by atoms with Crippen LogP contribution in [0.25, 0.3) is 0 Å². The van der Waals surface area contributed by atoms with E-state index in [1.165, 1.54) is 16.7 Å². The van der Waals surface area contributed by atoms with Crippen LogP contribution in [-0.4, -0.2) is 47.2 Å². The van der Waals surface area contributed by atoms with Crippen molar-refractivity contribution in [2.75, 3.05) is 33.0 Å². The summed E-state index contributed by atoms with van der Waals surface area (Å²) in [6, 6.07) is 13.5. The molecule has 0 spiro atoms. The molecule has 1 atom stereocenters. The average Bonchev–Trinajstić information content (AvgIpc) is 2.68. The van der Waals surface area contributed by atoms with Crippen molar-refractivity contribution in [2.24, 2.45) is 0 Å². The number of ether oxygens (including phenoxy) is 1. The standard InChI is InChI=1S/C21H29N3OS/c1-16(2)18-7-5-6-8-19(18)20-15-23(11-12-24(20)26-4)14-17-9-10-22-21(13-17)25-3/h5-10,13,16,20H,11-12,14-15H2,1-4H3. The lowest BCUT2D eigenvalue weighted by Gasteiger charge is -2.41. The van der Waals surface area contributed by atoms with Crippen LogP contribution in [0.5, 0.6) is 5.88 Å². The van der Waals surface area contributed by atoms with E-state index in [1.807, 2.05) is 24.2 Å². The van der Waals surface area contributed by atoms with Crippen LogP contribution in [0.3, 0.4) is 0 Å². The predicted octanol–water partition coefficient (Wildman–Crippen LogP) is 4.35. The Hall–Kier alpha value is -1.56. The maximum absolute atomic E-state index is 5.27. The van der Waals surface area contributed by atoms with E-state index in [9.17, 15) is 0 Å². The van der Waals surface area contributed by atoms with Crippen LogP contribution < -0.4 is 4.74 Å². The van der Waals surface area contributed by atoms with Gasteiger partial charge in [0.05, 0.1) is 13.2 Å². The summed E-state index contributed by atoms with van der Waals surface area (Å²) in [5.74, 6) is 1.22. The van der Waals surface area contributed by atoms with Crippen LogP contribution in [-0.2, 0) is 6.54 Å². The number of methoxy groups -OCH3 is 1. The Bertz CT molecular complexity index is 722. The van der Waals surface area contributed by atoms with Gasteiger partial charge >= 0.3 is 0 Å². The summed E-state index contributed by atoms with van der Waals surface area (Å²) in [5.41, 5.74) is 4.18. The van der Waals surface area contributed by atoms with E-state index in [4.69, 9.17) is 4.74 Å². The average molecular weight is 372 g/mol. The smallest absolute Gasteiger partial charge is 0.213 e. The molecule has 3 rings (SSSR count). The Kier molecular flexibility index (Phi) is 6.57. The summed E-state index contributed by atoms with van der Waals surface area (Å²) in [7, 11) is 1.67. The number of hydrogen-bond acceptors (Lipinski definition) is 5. The number of rotatable bonds is 6. The number of benzene rings is 1. The zero-order valence-corrected chi connectivity index (χ0v) is 17.0. The van der Waals surface area contributed by atoms with E-state index in [2.05, 4.69) is 64.6 Å². The second kappa shape index (κ2) is 8.89. The molecule has 1 fully saturated rings. The first-order chi connectivity index (χ1) is 12.6. The molecule has 1 saturated heterocycles. The Morgan fingerprint density at radius 3 is 2.77 bits per heavy atom. The van der Waals surface area contributed by atoms with Gasteiger partial charge in [0.2, 0.25) is 5.88 Å². The lowest BCUT2D eigenvalue weighted by Crippen LogP contribution is -2.45. The van der Waals surface area contributed by atoms with Gasteiger partial charge in [-0.2, -0.15) is 0 Å². The van der Waals surface area contributed by atoms with Crippen molar-refractivity contribution in [1.29, 1.82) is 0 Å². The Balaban J connectivity index is 1.80. The van der Waals surface area contributed by atoms with Gasteiger partial charge < -0.3 is 4.74 Å². The maximum atomic E-state index is 5.27. The van der Waals surface area contributed by atoms with Gasteiger partial charge in [-0.1, -0.05) is 50.1 Å². The van der Waals surface area contributed by atoms with Crippen LogP contribution in [0, 0.1) is 0 Å². The molecular formula is C21H29N3OS. The summed E-state index contributed by atoms with van der Waals surface area (Å²) in [5, 5.41) is 0. The van der Waals surface area contributed by atoms with Crippen molar-refractivity contribution >= 4 is 11.9 Å². The van der Waals surface area contributed by atoms with Crippen molar-refractivity contribution in [3.63, 3.8) is 0 Å². The molecule has 1 aliphatic heterocycles. The van der Waals surface area contributed by atoms with E-state index in [0.29, 0.717) is 17.8 Å².